The van der Waals surface area contributed by atoms with Crippen LogP contribution in [0.5, 0.6) is 11.5 Å². The summed E-state index contributed by atoms with van der Waals surface area (Å²) >= 11 is 1.50. The Kier molecular flexibility index (Phi) is 7.31. The van der Waals surface area contributed by atoms with E-state index < -0.39 is 5.97 Å². The molecule has 2 aromatic carbocycles. The fourth-order valence-corrected chi connectivity index (χ4v) is 3.17. The van der Waals surface area contributed by atoms with Crippen LogP contribution in [-0.4, -0.2) is 39.0 Å². The maximum atomic E-state index is 12.8. The minimum atomic E-state index is -0.597. The zero-order valence-electron chi connectivity index (χ0n) is 15.4. The average Bonchev–Trinajstić information content (AvgIpc) is 2.71. The van der Waals surface area contributed by atoms with Gasteiger partial charge in [-0.25, -0.2) is 4.79 Å². The molecule has 0 unspecified atom stereocenters. The van der Waals surface area contributed by atoms with E-state index in [1.54, 1.807) is 18.2 Å². The second kappa shape index (κ2) is 9.68. The van der Waals surface area contributed by atoms with Crippen LogP contribution in [0.4, 0.5) is 5.69 Å². The lowest BCUT2D eigenvalue weighted by Crippen LogP contribution is -2.16. The van der Waals surface area contributed by atoms with E-state index in [0.717, 1.165) is 4.90 Å². The molecule has 0 bridgehead atoms. The molecular weight excluding hydrogens is 366 g/mol. The van der Waals surface area contributed by atoms with Gasteiger partial charge in [0.25, 0.3) is 5.91 Å². The lowest BCUT2D eigenvalue weighted by Gasteiger charge is -2.15. The van der Waals surface area contributed by atoms with Crippen LogP contribution < -0.4 is 14.8 Å². The van der Waals surface area contributed by atoms with E-state index in [2.05, 4.69) is 11.9 Å². The molecule has 0 saturated heterocycles. The molecule has 0 spiro atoms. The molecule has 0 atom stereocenters. The first-order valence-electron chi connectivity index (χ1n) is 8.04. The van der Waals surface area contributed by atoms with E-state index in [-0.39, 0.29) is 17.2 Å². The Balaban J connectivity index is 2.42. The summed E-state index contributed by atoms with van der Waals surface area (Å²) in [4.78, 5) is 25.8. The topological polar surface area (TPSA) is 73.9 Å². The third kappa shape index (κ3) is 4.83. The van der Waals surface area contributed by atoms with Crippen LogP contribution in [0.3, 0.4) is 0 Å². The van der Waals surface area contributed by atoms with Crippen LogP contribution in [0.15, 0.2) is 53.9 Å². The van der Waals surface area contributed by atoms with Gasteiger partial charge in [0.1, 0.15) is 0 Å². The van der Waals surface area contributed by atoms with Gasteiger partial charge in [-0.05, 0) is 12.1 Å². The van der Waals surface area contributed by atoms with E-state index in [4.69, 9.17) is 14.2 Å². The number of thioether (sulfide) groups is 1. The molecule has 1 N–H and O–H groups in total. The monoisotopic (exact) mass is 387 g/mol. The van der Waals surface area contributed by atoms with E-state index in [1.165, 1.54) is 45.2 Å². The molecule has 1 amide bonds. The number of anilines is 1. The zero-order valence-corrected chi connectivity index (χ0v) is 16.2. The Hall–Kier alpha value is -2.93. The van der Waals surface area contributed by atoms with Gasteiger partial charge in [-0.3, -0.25) is 4.79 Å². The molecule has 27 heavy (non-hydrogen) atoms. The van der Waals surface area contributed by atoms with E-state index in [1.807, 2.05) is 12.1 Å². The Labute approximate surface area is 162 Å². The molecule has 2 rings (SSSR count). The Morgan fingerprint density at radius 3 is 2.37 bits per heavy atom. The largest absolute Gasteiger partial charge is 0.493 e. The number of hydrogen-bond donors (Lipinski definition) is 1. The number of esters is 1. The molecule has 0 aliphatic heterocycles. The van der Waals surface area contributed by atoms with Crippen molar-refractivity contribution in [2.75, 3.05) is 32.4 Å². The summed E-state index contributed by atoms with van der Waals surface area (Å²) in [7, 11) is 4.21. The predicted octanol–water partition coefficient (Wildman–Crippen LogP) is 4.02. The molecule has 0 radical (unpaired) electrons. The van der Waals surface area contributed by atoms with Gasteiger partial charge in [-0.1, -0.05) is 18.2 Å². The zero-order chi connectivity index (χ0) is 19.8. The summed E-state index contributed by atoms with van der Waals surface area (Å²) in [5.74, 6) is 0.473. The molecule has 0 aliphatic carbocycles. The maximum Gasteiger partial charge on any atom is 0.340 e. The van der Waals surface area contributed by atoms with Crippen molar-refractivity contribution in [2.45, 2.75) is 4.90 Å². The highest BCUT2D eigenvalue weighted by molar-refractivity contribution is 7.99. The van der Waals surface area contributed by atoms with Crippen molar-refractivity contribution in [3.63, 3.8) is 0 Å². The molecule has 142 valence electrons. The average molecular weight is 387 g/mol. The number of benzene rings is 2. The summed E-state index contributed by atoms with van der Waals surface area (Å²) in [6, 6.07) is 10.2. The minimum Gasteiger partial charge on any atom is -0.493 e. The van der Waals surface area contributed by atoms with Crippen LogP contribution in [0.2, 0.25) is 0 Å². The molecule has 0 aromatic heterocycles. The van der Waals surface area contributed by atoms with Crippen molar-refractivity contribution in [1.29, 1.82) is 0 Å². The van der Waals surface area contributed by atoms with Gasteiger partial charge in [0.2, 0.25) is 0 Å². The summed E-state index contributed by atoms with van der Waals surface area (Å²) in [5.41, 5.74) is 0.933. The van der Waals surface area contributed by atoms with Crippen LogP contribution in [0, 0.1) is 0 Å². The van der Waals surface area contributed by atoms with Gasteiger partial charge in [0.05, 0.1) is 38.1 Å². The number of ether oxygens (including phenoxy) is 3. The fraction of sp³-hybridized carbons (Fsp3) is 0.200. The number of methoxy groups -OCH3 is 3. The number of amides is 1. The van der Waals surface area contributed by atoms with Crippen molar-refractivity contribution >= 4 is 29.3 Å². The molecule has 7 heteroatoms. The van der Waals surface area contributed by atoms with E-state index in [9.17, 15) is 9.59 Å². The molecular formula is C20H21NO5S. The van der Waals surface area contributed by atoms with Crippen LogP contribution in [-0.2, 0) is 4.74 Å². The number of rotatable bonds is 8. The Morgan fingerprint density at radius 2 is 1.74 bits per heavy atom. The first-order valence-corrected chi connectivity index (χ1v) is 9.02. The fourth-order valence-electron chi connectivity index (χ4n) is 2.38. The number of nitrogens with one attached hydrogen (secondary N) is 1. The molecule has 0 heterocycles. The molecule has 2 aromatic rings. The quantitative estimate of drug-likeness (QED) is 0.419. The summed E-state index contributed by atoms with van der Waals surface area (Å²) < 4.78 is 15.3. The van der Waals surface area contributed by atoms with Crippen molar-refractivity contribution in [3.8, 4) is 11.5 Å². The third-order valence-corrected chi connectivity index (χ3v) is 4.73. The standard InChI is InChI=1S/C20H21NO5S/c1-5-10-27-18-9-7-6-8-13(18)19(22)21-15-12-17(25-3)16(24-2)11-14(15)20(23)26-4/h5-9,11-12H,1,10H2,2-4H3,(H,21,22). The normalized spacial score (nSPS) is 10.0. The lowest BCUT2D eigenvalue weighted by atomic mass is 10.1. The highest BCUT2D eigenvalue weighted by atomic mass is 32.2. The summed E-state index contributed by atoms with van der Waals surface area (Å²) in [6.07, 6.45) is 1.77. The SMILES string of the molecule is C=CCSc1ccccc1C(=O)Nc1cc(OC)c(OC)cc1C(=O)OC. The molecule has 6 nitrogen and oxygen atoms in total. The molecule has 0 fully saturated rings. The lowest BCUT2D eigenvalue weighted by molar-refractivity contribution is 0.0601. The Morgan fingerprint density at radius 1 is 1.07 bits per heavy atom. The smallest absolute Gasteiger partial charge is 0.340 e. The predicted molar refractivity (Wildman–Crippen MR) is 106 cm³/mol. The Bertz CT molecular complexity index is 850. The third-order valence-electron chi connectivity index (χ3n) is 3.67. The number of carbonyl (C=O) groups excluding carboxylic acids is 2. The maximum absolute atomic E-state index is 12.8. The van der Waals surface area contributed by atoms with Gasteiger partial charge in [0, 0.05) is 22.8 Å². The first kappa shape index (κ1) is 20.4. The van der Waals surface area contributed by atoms with Crippen molar-refractivity contribution in [1.82, 2.24) is 0 Å². The van der Waals surface area contributed by atoms with Gasteiger partial charge >= 0.3 is 5.97 Å². The molecule has 0 saturated carbocycles. The number of carbonyl (C=O) groups is 2. The van der Waals surface area contributed by atoms with E-state index >= 15 is 0 Å². The van der Waals surface area contributed by atoms with E-state index in [0.29, 0.717) is 22.8 Å². The minimum absolute atomic E-state index is 0.166. The van der Waals surface area contributed by atoms with Crippen LogP contribution in [0.1, 0.15) is 20.7 Å². The van der Waals surface area contributed by atoms with Gasteiger partial charge in [-0.15, -0.1) is 18.3 Å². The van der Waals surface area contributed by atoms with Crippen molar-refractivity contribution in [2.24, 2.45) is 0 Å². The van der Waals surface area contributed by atoms with Crippen LogP contribution in [0.25, 0.3) is 0 Å². The molecule has 0 aliphatic rings. The van der Waals surface area contributed by atoms with Crippen molar-refractivity contribution < 1.29 is 23.8 Å². The first-order chi connectivity index (χ1) is 13.0. The summed E-state index contributed by atoms with van der Waals surface area (Å²) in [6.45, 7) is 3.70. The highest BCUT2D eigenvalue weighted by Gasteiger charge is 2.20. The van der Waals surface area contributed by atoms with Crippen molar-refractivity contribution in [3.05, 3.63) is 60.2 Å². The van der Waals surface area contributed by atoms with Gasteiger partial charge in [0.15, 0.2) is 11.5 Å². The van der Waals surface area contributed by atoms with Gasteiger partial charge in [-0.2, -0.15) is 0 Å². The second-order valence-electron chi connectivity index (χ2n) is 5.29. The van der Waals surface area contributed by atoms with Crippen LogP contribution >= 0.6 is 11.8 Å². The summed E-state index contributed by atoms with van der Waals surface area (Å²) in [5, 5.41) is 2.77. The number of hydrogen-bond acceptors (Lipinski definition) is 6. The highest BCUT2D eigenvalue weighted by Crippen LogP contribution is 2.34. The van der Waals surface area contributed by atoms with Gasteiger partial charge < -0.3 is 19.5 Å². The second-order valence-corrected chi connectivity index (χ2v) is 6.36.